The van der Waals surface area contributed by atoms with E-state index in [0.717, 1.165) is 48.2 Å². The molecule has 1 aliphatic rings. The molecule has 0 unspecified atom stereocenters. The minimum Gasteiger partial charge on any atom is -0.396 e. The number of piperidine rings is 1. The topological polar surface area (TPSA) is 41.3 Å². The molecule has 0 spiro atoms. The Balaban J connectivity index is 1.88. The highest BCUT2D eigenvalue weighted by atomic mass is 79.9. The molecule has 1 fully saturated rings. The van der Waals surface area contributed by atoms with E-state index < -0.39 is 0 Å². The Morgan fingerprint density at radius 2 is 1.67 bits per heavy atom. The van der Waals surface area contributed by atoms with Crippen LogP contribution in [0.2, 0.25) is 0 Å². The Kier molecular flexibility index (Phi) is 5.95. The van der Waals surface area contributed by atoms with Gasteiger partial charge in [0.25, 0.3) is 0 Å². The van der Waals surface area contributed by atoms with Crippen molar-refractivity contribution in [2.24, 2.45) is 5.92 Å². The summed E-state index contributed by atoms with van der Waals surface area (Å²) >= 11 is 3.64. The molecule has 0 amide bonds. The first-order valence-corrected chi connectivity index (χ1v) is 11.7. The quantitative estimate of drug-likeness (QED) is 0.514. The number of nitrogens with zero attached hydrogens (tertiary/aromatic N) is 3. The molecule has 4 nitrogen and oxygen atoms in total. The molecule has 4 rings (SSSR count). The van der Waals surface area contributed by atoms with Crippen LogP contribution < -0.4 is 4.90 Å². The van der Waals surface area contributed by atoms with Gasteiger partial charge in [-0.05, 0) is 94.7 Å². The van der Waals surface area contributed by atoms with E-state index >= 15 is 0 Å². The largest absolute Gasteiger partial charge is 0.396 e. The van der Waals surface area contributed by atoms with Crippen LogP contribution in [0.4, 0.5) is 5.69 Å². The van der Waals surface area contributed by atoms with E-state index in [1.165, 1.54) is 39.1 Å². The van der Waals surface area contributed by atoms with Gasteiger partial charge in [0, 0.05) is 46.6 Å². The third kappa shape index (κ3) is 3.67. The molecule has 0 atom stereocenters. The van der Waals surface area contributed by atoms with Crippen molar-refractivity contribution < 1.29 is 5.11 Å². The van der Waals surface area contributed by atoms with E-state index in [4.69, 9.17) is 4.98 Å². The summed E-state index contributed by atoms with van der Waals surface area (Å²) in [5.41, 5.74) is 9.73. The zero-order chi connectivity index (χ0) is 21.6. The van der Waals surface area contributed by atoms with E-state index in [1.807, 2.05) is 0 Å². The number of rotatable bonds is 4. The molecule has 1 N–H and O–H groups in total. The van der Waals surface area contributed by atoms with Gasteiger partial charge in [-0.15, -0.1) is 0 Å². The van der Waals surface area contributed by atoms with E-state index in [1.54, 1.807) is 0 Å². The summed E-state index contributed by atoms with van der Waals surface area (Å²) in [6.07, 6.45) is 3.22. The summed E-state index contributed by atoms with van der Waals surface area (Å²) in [6.45, 7) is 13.3. The van der Waals surface area contributed by atoms with Gasteiger partial charge in [-0.2, -0.15) is 0 Å². The summed E-state index contributed by atoms with van der Waals surface area (Å²) in [7, 11) is 0. The second-order valence-corrected chi connectivity index (χ2v) is 9.77. The Morgan fingerprint density at radius 3 is 2.27 bits per heavy atom. The fraction of sp³-hybridized carbons (Fsp3) is 0.480. The van der Waals surface area contributed by atoms with Crippen molar-refractivity contribution in [3.05, 3.63) is 50.8 Å². The Bertz CT molecular complexity index is 1070. The molecule has 5 heteroatoms. The highest BCUT2D eigenvalue weighted by Crippen LogP contribution is 2.38. The maximum atomic E-state index is 9.29. The fourth-order valence-corrected chi connectivity index (χ4v) is 5.78. The van der Waals surface area contributed by atoms with Crippen LogP contribution in [-0.2, 0) is 0 Å². The van der Waals surface area contributed by atoms with E-state index in [0.29, 0.717) is 12.5 Å². The average molecular weight is 470 g/mol. The van der Waals surface area contributed by atoms with Crippen LogP contribution in [0.15, 0.2) is 22.7 Å². The predicted octanol–water partition coefficient (Wildman–Crippen LogP) is 5.93. The van der Waals surface area contributed by atoms with Gasteiger partial charge in [0.2, 0.25) is 0 Å². The first kappa shape index (κ1) is 21.4. The van der Waals surface area contributed by atoms with Crippen LogP contribution in [0.3, 0.4) is 0 Å². The molecule has 1 saturated heterocycles. The maximum absolute atomic E-state index is 9.29. The molecule has 0 saturated carbocycles. The van der Waals surface area contributed by atoms with Gasteiger partial charge >= 0.3 is 0 Å². The smallest absolute Gasteiger partial charge is 0.147 e. The van der Waals surface area contributed by atoms with Gasteiger partial charge in [0.1, 0.15) is 5.65 Å². The van der Waals surface area contributed by atoms with Crippen LogP contribution in [-0.4, -0.2) is 34.4 Å². The Hall–Kier alpha value is -1.85. The van der Waals surface area contributed by atoms with Gasteiger partial charge in [-0.3, -0.25) is 4.57 Å². The summed E-state index contributed by atoms with van der Waals surface area (Å²) in [4.78, 5) is 7.56. The molecule has 30 heavy (non-hydrogen) atoms. The summed E-state index contributed by atoms with van der Waals surface area (Å²) in [5.74, 6) is 0.644. The van der Waals surface area contributed by atoms with Crippen molar-refractivity contribution in [2.45, 2.75) is 53.9 Å². The van der Waals surface area contributed by atoms with Crippen LogP contribution in [0.1, 0.15) is 47.3 Å². The molecule has 160 valence electrons. The first-order valence-electron chi connectivity index (χ1n) is 10.9. The molecule has 0 radical (unpaired) electrons. The normalized spacial score (nSPS) is 15.4. The van der Waals surface area contributed by atoms with Crippen molar-refractivity contribution in [3.63, 3.8) is 0 Å². The van der Waals surface area contributed by atoms with E-state index in [2.05, 4.69) is 78.2 Å². The standard InChI is InChI=1S/C25H32BrN3O/c1-15-12-21(26)13-16(2)24(15)29-19(5)18(4)23-22(14-17(3)27-25(23)29)28-9-6-20(7-10-28)8-11-30/h12-14,20,30H,6-11H2,1-5H3. The minimum absolute atomic E-state index is 0.302. The number of pyridine rings is 1. The summed E-state index contributed by atoms with van der Waals surface area (Å²) in [6, 6.07) is 6.63. The van der Waals surface area contributed by atoms with Crippen molar-refractivity contribution in [2.75, 3.05) is 24.6 Å². The lowest BCUT2D eigenvalue weighted by Gasteiger charge is -2.34. The lowest BCUT2D eigenvalue weighted by atomic mass is 9.93. The number of aryl methyl sites for hydroxylation is 4. The molecular formula is C25H32BrN3O. The molecule has 0 bridgehead atoms. The number of hydrogen-bond acceptors (Lipinski definition) is 3. The monoisotopic (exact) mass is 469 g/mol. The summed E-state index contributed by atoms with van der Waals surface area (Å²) in [5, 5.41) is 10.6. The lowest BCUT2D eigenvalue weighted by molar-refractivity contribution is 0.240. The zero-order valence-electron chi connectivity index (χ0n) is 18.7. The van der Waals surface area contributed by atoms with Gasteiger partial charge in [-0.25, -0.2) is 4.98 Å². The van der Waals surface area contributed by atoms with Crippen molar-refractivity contribution in [3.8, 4) is 5.69 Å². The lowest BCUT2D eigenvalue weighted by Crippen LogP contribution is -2.34. The van der Waals surface area contributed by atoms with Gasteiger partial charge in [-0.1, -0.05) is 15.9 Å². The van der Waals surface area contributed by atoms with Crippen LogP contribution >= 0.6 is 15.9 Å². The van der Waals surface area contributed by atoms with Crippen LogP contribution in [0, 0.1) is 40.5 Å². The van der Waals surface area contributed by atoms with Crippen molar-refractivity contribution in [1.82, 2.24) is 9.55 Å². The average Bonchev–Trinajstić information content (AvgIpc) is 2.92. The Morgan fingerprint density at radius 1 is 1.03 bits per heavy atom. The molecule has 0 aliphatic carbocycles. The highest BCUT2D eigenvalue weighted by Gasteiger charge is 2.25. The maximum Gasteiger partial charge on any atom is 0.147 e. The number of halogens is 1. The molecular weight excluding hydrogens is 438 g/mol. The molecule has 2 aromatic heterocycles. The van der Waals surface area contributed by atoms with Crippen molar-refractivity contribution in [1.29, 1.82) is 0 Å². The Labute approximate surface area is 188 Å². The number of fused-ring (bicyclic) bond motifs is 1. The highest BCUT2D eigenvalue weighted by molar-refractivity contribution is 9.10. The van der Waals surface area contributed by atoms with Crippen molar-refractivity contribution >= 4 is 32.7 Å². The van der Waals surface area contributed by atoms with Gasteiger partial charge < -0.3 is 10.0 Å². The zero-order valence-corrected chi connectivity index (χ0v) is 20.3. The van der Waals surface area contributed by atoms with Gasteiger partial charge in [0.15, 0.2) is 0 Å². The van der Waals surface area contributed by atoms with Crippen LogP contribution in [0.5, 0.6) is 0 Å². The third-order valence-corrected chi connectivity index (χ3v) is 7.20. The first-order chi connectivity index (χ1) is 14.3. The minimum atomic E-state index is 0.302. The molecule has 3 heterocycles. The van der Waals surface area contributed by atoms with E-state index in [-0.39, 0.29) is 0 Å². The number of aliphatic hydroxyl groups is 1. The summed E-state index contributed by atoms with van der Waals surface area (Å²) < 4.78 is 3.47. The number of benzene rings is 1. The van der Waals surface area contributed by atoms with Gasteiger partial charge in [0.05, 0.1) is 5.69 Å². The van der Waals surface area contributed by atoms with Crippen LogP contribution in [0.25, 0.3) is 16.7 Å². The second kappa shape index (κ2) is 8.35. The SMILES string of the molecule is Cc1cc(N2CCC(CCO)CC2)c2c(C)c(C)n(-c3c(C)cc(Br)cc3C)c2n1. The number of aliphatic hydroxyl groups excluding tert-OH is 1. The number of hydrogen-bond donors (Lipinski definition) is 1. The number of anilines is 1. The third-order valence-electron chi connectivity index (χ3n) is 6.74. The molecule has 3 aromatic rings. The molecule has 1 aromatic carbocycles. The number of aromatic nitrogens is 2. The predicted molar refractivity (Wildman–Crippen MR) is 129 cm³/mol. The van der Waals surface area contributed by atoms with E-state index in [9.17, 15) is 5.11 Å². The fourth-order valence-electron chi connectivity index (χ4n) is 5.09. The second-order valence-electron chi connectivity index (χ2n) is 8.86. The molecule has 1 aliphatic heterocycles.